The van der Waals surface area contributed by atoms with E-state index in [2.05, 4.69) is 35.2 Å². The number of hydrogen-bond acceptors (Lipinski definition) is 5. The number of hydrogen-bond donors (Lipinski definition) is 2. The van der Waals surface area contributed by atoms with E-state index in [9.17, 15) is 9.90 Å². The normalized spacial score (nSPS) is 11.1. The Morgan fingerprint density at radius 3 is 2.70 bits per heavy atom. The number of anilines is 2. The van der Waals surface area contributed by atoms with E-state index in [1.54, 1.807) is 6.92 Å². The molecular weight excluding hydrogens is 310 g/mol. The molecule has 0 aliphatic carbocycles. The van der Waals surface area contributed by atoms with Gasteiger partial charge in [0.05, 0.1) is 5.39 Å². The summed E-state index contributed by atoms with van der Waals surface area (Å²) < 4.78 is 0. The molecule has 0 aliphatic rings. The summed E-state index contributed by atoms with van der Waals surface area (Å²) in [4.78, 5) is 20.9. The number of carbonyl (C=O) groups is 1. The van der Waals surface area contributed by atoms with Crippen LogP contribution in [-0.2, 0) is 0 Å². The number of para-hydroxylation sites is 1. The quantitative estimate of drug-likeness (QED) is 0.734. The van der Waals surface area contributed by atoms with Gasteiger partial charge in [0.15, 0.2) is 0 Å². The molecule has 3 rings (SSSR count). The van der Waals surface area contributed by atoms with Crippen molar-refractivity contribution in [2.24, 2.45) is 0 Å². The van der Waals surface area contributed by atoms with Crippen LogP contribution in [0.25, 0.3) is 10.2 Å². The van der Waals surface area contributed by atoms with E-state index in [-0.39, 0.29) is 0 Å². The van der Waals surface area contributed by atoms with Crippen LogP contribution in [0.5, 0.6) is 0 Å². The molecule has 23 heavy (non-hydrogen) atoms. The van der Waals surface area contributed by atoms with Crippen LogP contribution < -0.4 is 5.32 Å². The van der Waals surface area contributed by atoms with Crippen LogP contribution in [0.4, 0.5) is 11.5 Å². The first-order valence-corrected chi connectivity index (χ1v) is 8.14. The topological polar surface area (TPSA) is 75.1 Å². The monoisotopic (exact) mass is 327 g/mol. The minimum absolute atomic E-state index is 0.306. The Balaban J connectivity index is 2.13. The number of aromatic nitrogens is 2. The number of nitrogens with one attached hydrogen (secondary N) is 1. The number of thiophene rings is 1. The van der Waals surface area contributed by atoms with Crippen LogP contribution in [0.2, 0.25) is 0 Å². The van der Waals surface area contributed by atoms with E-state index < -0.39 is 5.97 Å². The zero-order valence-electron chi connectivity index (χ0n) is 13.1. The molecule has 2 aromatic heterocycles. The third kappa shape index (κ3) is 2.77. The highest BCUT2D eigenvalue weighted by Gasteiger charge is 2.19. The summed E-state index contributed by atoms with van der Waals surface area (Å²) in [6, 6.07) is 8.06. The van der Waals surface area contributed by atoms with E-state index in [0.29, 0.717) is 27.0 Å². The van der Waals surface area contributed by atoms with E-state index in [0.717, 1.165) is 11.1 Å². The molecule has 0 saturated carbocycles. The first-order chi connectivity index (χ1) is 11.0. The molecule has 6 heteroatoms. The predicted molar refractivity (Wildman–Crippen MR) is 92.9 cm³/mol. The van der Waals surface area contributed by atoms with E-state index >= 15 is 0 Å². The second-order valence-corrected chi connectivity index (χ2v) is 6.63. The zero-order chi connectivity index (χ0) is 16.6. The maximum absolute atomic E-state index is 11.3. The van der Waals surface area contributed by atoms with Gasteiger partial charge in [-0.25, -0.2) is 14.8 Å². The number of aryl methyl sites for hydroxylation is 1. The molecule has 0 spiro atoms. The summed E-state index contributed by atoms with van der Waals surface area (Å²) in [5, 5.41) is 13.4. The number of aromatic carboxylic acids is 1. The fourth-order valence-electron chi connectivity index (χ4n) is 2.61. The lowest BCUT2D eigenvalue weighted by molar-refractivity contribution is 0.0701. The van der Waals surface area contributed by atoms with Gasteiger partial charge in [0.25, 0.3) is 0 Å². The second-order valence-electron chi connectivity index (χ2n) is 5.63. The van der Waals surface area contributed by atoms with Crippen LogP contribution in [0.15, 0.2) is 30.6 Å². The maximum atomic E-state index is 11.3. The summed E-state index contributed by atoms with van der Waals surface area (Å²) in [5.74, 6) is 0.0811. The Hall–Kier alpha value is -2.47. The van der Waals surface area contributed by atoms with Gasteiger partial charge in [0, 0.05) is 5.69 Å². The standard InChI is InChI=1S/C17H17N3O2S/c1-9(2)11-6-4-5-7-12(11)20-15-13-10(3)14(17(21)22)23-16(13)19-8-18-15/h4-9H,1-3H3,(H,21,22)(H,18,19,20). The van der Waals surface area contributed by atoms with E-state index in [4.69, 9.17) is 0 Å². The van der Waals surface area contributed by atoms with Gasteiger partial charge in [-0.2, -0.15) is 0 Å². The minimum Gasteiger partial charge on any atom is -0.477 e. The number of rotatable bonds is 4. The third-order valence-electron chi connectivity index (χ3n) is 3.76. The summed E-state index contributed by atoms with van der Waals surface area (Å²) >= 11 is 1.18. The molecular formula is C17H17N3O2S. The summed E-state index contributed by atoms with van der Waals surface area (Å²) in [5.41, 5.74) is 2.86. The lowest BCUT2D eigenvalue weighted by Gasteiger charge is -2.14. The predicted octanol–water partition coefficient (Wildman–Crippen LogP) is 4.56. The number of fused-ring (bicyclic) bond motifs is 1. The molecule has 118 valence electrons. The van der Waals surface area contributed by atoms with Crippen molar-refractivity contribution in [3.8, 4) is 0 Å². The van der Waals surface area contributed by atoms with Crippen LogP contribution in [0.3, 0.4) is 0 Å². The summed E-state index contributed by atoms with van der Waals surface area (Å²) in [6.45, 7) is 6.06. The van der Waals surface area contributed by atoms with Crippen LogP contribution in [0, 0.1) is 6.92 Å². The van der Waals surface area contributed by atoms with Gasteiger partial charge in [-0.15, -0.1) is 11.3 Å². The van der Waals surface area contributed by atoms with Crippen molar-refractivity contribution < 1.29 is 9.90 Å². The zero-order valence-corrected chi connectivity index (χ0v) is 13.9. The van der Waals surface area contributed by atoms with Gasteiger partial charge < -0.3 is 10.4 Å². The molecule has 0 unspecified atom stereocenters. The highest BCUT2D eigenvalue weighted by atomic mass is 32.1. The molecule has 1 aromatic carbocycles. The van der Waals surface area contributed by atoms with Gasteiger partial charge in [0.2, 0.25) is 0 Å². The number of nitrogens with zero attached hydrogens (tertiary/aromatic N) is 2. The smallest absolute Gasteiger partial charge is 0.346 e. The maximum Gasteiger partial charge on any atom is 0.346 e. The van der Waals surface area contributed by atoms with Crippen molar-refractivity contribution in [2.75, 3.05) is 5.32 Å². The molecule has 5 nitrogen and oxygen atoms in total. The Labute approximate surface area is 138 Å². The molecule has 2 heterocycles. The summed E-state index contributed by atoms with van der Waals surface area (Å²) in [7, 11) is 0. The highest BCUT2D eigenvalue weighted by molar-refractivity contribution is 7.20. The van der Waals surface area contributed by atoms with Gasteiger partial charge in [-0.3, -0.25) is 0 Å². The van der Waals surface area contributed by atoms with Gasteiger partial charge in [-0.05, 0) is 30.0 Å². The molecule has 0 bridgehead atoms. The van der Waals surface area contributed by atoms with Crippen LogP contribution in [0.1, 0.15) is 40.6 Å². The van der Waals surface area contributed by atoms with Crippen molar-refractivity contribution >= 4 is 39.0 Å². The van der Waals surface area contributed by atoms with Crippen molar-refractivity contribution in [1.29, 1.82) is 0 Å². The average molecular weight is 327 g/mol. The van der Waals surface area contributed by atoms with Crippen molar-refractivity contribution in [2.45, 2.75) is 26.7 Å². The fraction of sp³-hybridized carbons (Fsp3) is 0.235. The van der Waals surface area contributed by atoms with Crippen LogP contribution in [-0.4, -0.2) is 21.0 Å². The van der Waals surface area contributed by atoms with E-state index in [1.165, 1.54) is 23.2 Å². The van der Waals surface area contributed by atoms with Crippen molar-refractivity contribution in [3.05, 3.63) is 46.6 Å². The SMILES string of the molecule is Cc1c(C(=O)O)sc2ncnc(Nc3ccccc3C(C)C)c12. The average Bonchev–Trinajstić information content (AvgIpc) is 2.86. The molecule has 3 aromatic rings. The second kappa shape index (κ2) is 5.96. The molecule has 2 N–H and O–H groups in total. The van der Waals surface area contributed by atoms with E-state index in [1.807, 2.05) is 18.2 Å². The van der Waals surface area contributed by atoms with Gasteiger partial charge >= 0.3 is 5.97 Å². The van der Waals surface area contributed by atoms with Gasteiger partial charge in [0.1, 0.15) is 21.9 Å². The molecule has 0 amide bonds. The summed E-state index contributed by atoms with van der Waals surface area (Å²) in [6.07, 6.45) is 1.46. The molecule has 0 radical (unpaired) electrons. The Bertz CT molecular complexity index is 887. The molecule has 0 aliphatic heterocycles. The Morgan fingerprint density at radius 1 is 1.26 bits per heavy atom. The third-order valence-corrected chi connectivity index (χ3v) is 4.94. The lowest BCUT2D eigenvalue weighted by atomic mass is 10.0. The fourth-order valence-corrected chi connectivity index (χ4v) is 3.60. The number of benzene rings is 1. The minimum atomic E-state index is -0.931. The first kappa shape index (κ1) is 15.4. The van der Waals surface area contributed by atoms with Crippen molar-refractivity contribution in [1.82, 2.24) is 9.97 Å². The number of carboxylic acid groups (broad SMARTS) is 1. The molecule has 0 atom stereocenters. The first-order valence-electron chi connectivity index (χ1n) is 7.32. The molecule has 0 fully saturated rings. The van der Waals surface area contributed by atoms with Gasteiger partial charge in [-0.1, -0.05) is 32.0 Å². The largest absolute Gasteiger partial charge is 0.477 e. The van der Waals surface area contributed by atoms with Crippen LogP contribution >= 0.6 is 11.3 Å². The number of carboxylic acids is 1. The lowest BCUT2D eigenvalue weighted by Crippen LogP contribution is -2.00. The van der Waals surface area contributed by atoms with Crippen molar-refractivity contribution in [3.63, 3.8) is 0 Å². The molecule has 0 saturated heterocycles. The Morgan fingerprint density at radius 2 is 2.00 bits per heavy atom. The highest BCUT2D eigenvalue weighted by Crippen LogP contribution is 2.35. The Kier molecular flexibility index (Phi) is 4.00.